The second-order valence-electron chi connectivity index (χ2n) is 8.66. The average Bonchev–Trinajstić information content (AvgIpc) is 3.33. The number of aliphatic hydroxyl groups is 1. The summed E-state index contributed by atoms with van der Waals surface area (Å²) >= 11 is 1.61. The molecule has 10 heteroatoms. The molecule has 2 aromatic heterocycles. The van der Waals surface area contributed by atoms with Crippen molar-refractivity contribution < 1.29 is 14.6 Å². The third-order valence-electron chi connectivity index (χ3n) is 6.16. The summed E-state index contributed by atoms with van der Waals surface area (Å²) < 4.78 is 12.8. The quantitative estimate of drug-likeness (QED) is 0.362. The number of aromatic nitrogens is 3. The van der Waals surface area contributed by atoms with Gasteiger partial charge in [0.15, 0.2) is 0 Å². The van der Waals surface area contributed by atoms with E-state index >= 15 is 0 Å². The van der Waals surface area contributed by atoms with Crippen molar-refractivity contribution in [2.24, 2.45) is 0 Å². The lowest BCUT2D eigenvalue weighted by Gasteiger charge is -2.36. The van der Waals surface area contributed by atoms with Crippen LogP contribution in [0.1, 0.15) is 6.92 Å². The molecule has 4 aromatic rings. The number of methoxy groups -OCH3 is 1. The van der Waals surface area contributed by atoms with Gasteiger partial charge in [-0.3, -0.25) is 4.90 Å². The molecule has 35 heavy (non-hydrogen) atoms. The second-order valence-corrected chi connectivity index (χ2v) is 9.54. The first-order chi connectivity index (χ1) is 17.1. The Bertz CT molecular complexity index is 1290. The number of thiazole rings is 1. The van der Waals surface area contributed by atoms with Crippen LogP contribution in [0.3, 0.4) is 0 Å². The van der Waals surface area contributed by atoms with Crippen LogP contribution in [0.2, 0.25) is 0 Å². The number of nitrogens with zero attached hydrogens (tertiary/aromatic N) is 5. The minimum atomic E-state index is -0.138. The Kier molecular flexibility index (Phi) is 7.24. The van der Waals surface area contributed by atoms with Crippen LogP contribution < -0.4 is 15.0 Å². The molecule has 0 amide bonds. The van der Waals surface area contributed by atoms with Gasteiger partial charge in [-0.1, -0.05) is 0 Å². The molecule has 0 unspecified atom stereocenters. The highest BCUT2D eigenvalue weighted by atomic mass is 32.1. The van der Waals surface area contributed by atoms with E-state index in [9.17, 15) is 5.11 Å². The zero-order valence-electron chi connectivity index (χ0n) is 20.0. The third kappa shape index (κ3) is 5.30. The zero-order chi connectivity index (χ0) is 24.2. The number of β-amino-alcohol motifs (C(OH)–C–C–N with tert-alkyl or cyclic N) is 1. The fourth-order valence-corrected chi connectivity index (χ4v) is 5.15. The second kappa shape index (κ2) is 10.7. The highest BCUT2D eigenvalue weighted by molar-refractivity contribution is 7.16. The van der Waals surface area contributed by atoms with Gasteiger partial charge in [-0.15, -0.1) is 11.3 Å². The van der Waals surface area contributed by atoms with Crippen molar-refractivity contribution in [1.29, 1.82) is 0 Å². The van der Waals surface area contributed by atoms with Crippen LogP contribution in [0.5, 0.6) is 5.75 Å². The van der Waals surface area contributed by atoms with Crippen molar-refractivity contribution in [1.82, 2.24) is 19.9 Å². The summed E-state index contributed by atoms with van der Waals surface area (Å²) in [6.07, 6.45) is 1.45. The summed E-state index contributed by atoms with van der Waals surface area (Å²) in [4.78, 5) is 18.1. The Balaban J connectivity index is 1.50. The maximum absolute atomic E-state index is 9.25. The number of benzene rings is 2. The maximum Gasteiger partial charge on any atom is 0.145 e. The largest absolute Gasteiger partial charge is 0.487 e. The van der Waals surface area contributed by atoms with Crippen molar-refractivity contribution in [3.8, 4) is 5.75 Å². The fourth-order valence-electron chi connectivity index (χ4n) is 4.44. The zero-order valence-corrected chi connectivity index (χ0v) is 20.8. The van der Waals surface area contributed by atoms with Gasteiger partial charge < -0.3 is 24.8 Å². The molecule has 0 bridgehead atoms. The first kappa shape index (κ1) is 23.7. The highest BCUT2D eigenvalue weighted by Crippen LogP contribution is 2.37. The lowest BCUT2D eigenvalue weighted by Crippen LogP contribution is -2.47. The summed E-state index contributed by atoms with van der Waals surface area (Å²) in [5.41, 5.74) is 5.65. The molecule has 2 N–H and O–H groups in total. The minimum Gasteiger partial charge on any atom is -0.487 e. The van der Waals surface area contributed by atoms with E-state index in [1.807, 2.05) is 24.6 Å². The van der Waals surface area contributed by atoms with Crippen LogP contribution in [0.25, 0.3) is 21.1 Å². The van der Waals surface area contributed by atoms with Gasteiger partial charge in [0.1, 0.15) is 24.0 Å². The van der Waals surface area contributed by atoms with Gasteiger partial charge in [-0.25, -0.2) is 15.0 Å². The van der Waals surface area contributed by atoms with Crippen molar-refractivity contribution in [2.75, 3.05) is 63.3 Å². The molecular formula is C25H30N6O3S. The lowest BCUT2D eigenvalue weighted by molar-refractivity contribution is 0.0931. The highest BCUT2D eigenvalue weighted by Gasteiger charge is 2.21. The van der Waals surface area contributed by atoms with Crippen molar-refractivity contribution >= 4 is 49.6 Å². The number of fused-ring (bicyclic) bond motifs is 2. The molecule has 9 nitrogen and oxygen atoms in total. The Morgan fingerprint density at radius 3 is 2.74 bits per heavy atom. The van der Waals surface area contributed by atoms with Gasteiger partial charge in [-0.05, 0) is 31.2 Å². The smallest absolute Gasteiger partial charge is 0.145 e. The monoisotopic (exact) mass is 494 g/mol. The van der Waals surface area contributed by atoms with E-state index in [1.54, 1.807) is 24.8 Å². The Hall–Kier alpha value is -3.05. The lowest BCUT2D eigenvalue weighted by atomic mass is 10.1. The van der Waals surface area contributed by atoms with E-state index in [2.05, 4.69) is 48.3 Å². The Morgan fingerprint density at radius 1 is 1.09 bits per heavy atom. The van der Waals surface area contributed by atoms with Crippen molar-refractivity contribution in [3.05, 3.63) is 42.2 Å². The average molecular weight is 495 g/mol. The van der Waals surface area contributed by atoms with Crippen LogP contribution in [0.15, 0.2) is 42.2 Å². The first-order valence-corrected chi connectivity index (χ1v) is 12.7. The summed E-state index contributed by atoms with van der Waals surface area (Å²) in [6.45, 7) is 6.94. The van der Waals surface area contributed by atoms with Gasteiger partial charge in [0.2, 0.25) is 0 Å². The SMILES string of the molecule is COC[C@@H](C)Oc1cc(N2CCN(CCO)CC2)cc2ncnc(Nc3ccc4ncsc4c3)c12. The van der Waals surface area contributed by atoms with Gasteiger partial charge in [-0.2, -0.15) is 0 Å². The Labute approximate surface area is 208 Å². The molecule has 2 aromatic carbocycles. The number of hydrogen-bond acceptors (Lipinski definition) is 10. The molecule has 0 radical (unpaired) electrons. The molecule has 1 saturated heterocycles. The number of hydrogen-bond donors (Lipinski definition) is 2. The summed E-state index contributed by atoms with van der Waals surface area (Å²) in [5, 5.41) is 13.6. The molecule has 5 rings (SSSR count). The molecule has 184 valence electrons. The van der Waals surface area contributed by atoms with E-state index in [4.69, 9.17) is 9.47 Å². The molecule has 1 fully saturated rings. The standard InChI is InChI=1S/C25H30N6O3S/c1-17(14-33-2)34-22-13-19(31-7-5-30(6-8-31)9-10-32)12-21-24(22)25(27-15-26-21)29-18-3-4-20-23(11-18)35-16-28-20/h3-4,11-13,15-17,32H,5-10,14H2,1-2H3,(H,26,27,29)/t17-/m1/s1. The number of nitrogens with one attached hydrogen (secondary N) is 1. The van der Waals surface area contributed by atoms with Crippen LogP contribution in [-0.4, -0.2) is 84.1 Å². The molecular weight excluding hydrogens is 464 g/mol. The van der Waals surface area contributed by atoms with E-state index in [0.29, 0.717) is 19.0 Å². The van der Waals surface area contributed by atoms with Gasteiger partial charge >= 0.3 is 0 Å². The van der Waals surface area contributed by atoms with E-state index in [0.717, 1.165) is 64.4 Å². The number of aliphatic hydroxyl groups excluding tert-OH is 1. The summed E-state index contributed by atoms with van der Waals surface area (Å²) in [7, 11) is 1.67. The topological polar surface area (TPSA) is 95.9 Å². The third-order valence-corrected chi connectivity index (χ3v) is 6.96. The molecule has 0 spiro atoms. The fraction of sp³-hybridized carbons (Fsp3) is 0.400. The number of rotatable bonds is 9. The van der Waals surface area contributed by atoms with Crippen molar-refractivity contribution in [2.45, 2.75) is 13.0 Å². The molecule has 1 aliphatic heterocycles. The number of ether oxygens (including phenoxy) is 2. The molecule has 1 aliphatic rings. The van der Waals surface area contributed by atoms with E-state index in [-0.39, 0.29) is 12.7 Å². The minimum absolute atomic E-state index is 0.138. The number of anilines is 3. The normalized spacial score (nSPS) is 15.6. The summed E-state index contributed by atoms with van der Waals surface area (Å²) in [6, 6.07) is 10.3. The molecule has 3 heterocycles. The van der Waals surface area contributed by atoms with Gasteiger partial charge in [0, 0.05) is 57.3 Å². The van der Waals surface area contributed by atoms with Crippen LogP contribution >= 0.6 is 11.3 Å². The van der Waals surface area contributed by atoms with Crippen molar-refractivity contribution in [3.63, 3.8) is 0 Å². The Morgan fingerprint density at radius 2 is 1.94 bits per heavy atom. The summed E-state index contributed by atoms with van der Waals surface area (Å²) in [5.74, 6) is 1.42. The van der Waals surface area contributed by atoms with Gasteiger partial charge in [0.25, 0.3) is 0 Å². The first-order valence-electron chi connectivity index (χ1n) is 11.8. The molecule has 0 saturated carbocycles. The number of piperazine rings is 1. The van der Waals surface area contributed by atoms with E-state index < -0.39 is 0 Å². The predicted molar refractivity (Wildman–Crippen MR) is 140 cm³/mol. The van der Waals surface area contributed by atoms with E-state index in [1.165, 1.54) is 0 Å². The predicted octanol–water partition coefficient (Wildman–Crippen LogP) is 3.51. The molecule has 1 atom stereocenters. The van der Waals surface area contributed by atoms with Crippen LogP contribution in [0.4, 0.5) is 17.2 Å². The maximum atomic E-state index is 9.25. The van der Waals surface area contributed by atoms with Gasteiger partial charge in [0.05, 0.1) is 39.8 Å². The van der Waals surface area contributed by atoms with Crippen LogP contribution in [-0.2, 0) is 4.74 Å². The van der Waals surface area contributed by atoms with Crippen LogP contribution in [0, 0.1) is 0 Å². The molecule has 0 aliphatic carbocycles.